The number of alkyl halides is 3. The summed E-state index contributed by atoms with van der Waals surface area (Å²) in [4.78, 5) is 4.32. The molecule has 1 heterocycles. The van der Waals surface area contributed by atoms with Crippen LogP contribution in [-0.2, 0) is 6.42 Å². The minimum absolute atomic E-state index is 0.109. The number of thioether (sulfide) groups is 1. The summed E-state index contributed by atoms with van der Waals surface area (Å²) in [6, 6.07) is 3.73. The summed E-state index contributed by atoms with van der Waals surface area (Å²) in [6.07, 6.45) is 0.0741. The number of unbranched alkanes of at least 4 members (excludes halogenated alkanes) is 1. The van der Waals surface area contributed by atoms with Crippen molar-refractivity contribution in [3.05, 3.63) is 24.2 Å². The molecule has 0 aromatic carbocycles. The number of hydrogen-bond donors (Lipinski definition) is 2. The molecule has 132 valence electrons. The molecule has 0 aliphatic heterocycles. The quantitative estimate of drug-likeness (QED) is 0.385. The molecule has 1 aromatic rings. The van der Waals surface area contributed by atoms with Gasteiger partial charge in [-0.2, -0.15) is 24.9 Å². The molecule has 2 N–H and O–H groups in total. The monoisotopic (exact) mass is 351 g/mol. The molecule has 0 saturated heterocycles. The Balaban J connectivity index is 2.29. The maximum absolute atomic E-state index is 12.1. The zero-order valence-electron chi connectivity index (χ0n) is 13.3. The molecule has 1 rings (SSSR count). The molecule has 0 aliphatic carbocycles. The molecule has 1 aromatic heterocycles. The zero-order valence-corrected chi connectivity index (χ0v) is 14.1. The lowest BCUT2D eigenvalue weighted by atomic mass is 10.2. The van der Waals surface area contributed by atoms with Crippen LogP contribution in [0.2, 0.25) is 0 Å². The maximum Gasteiger partial charge on any atom is 0.389 e. The summed E-state index contributed by atoms with van der Waals surface area (Å²) in [7, 11) is 0. The van der Waals surface area contributed by atoms with Crippen molar-refractivity contribution in [1.29, 1.82) is 0 Å². The molecule has 0 atom stereocenters. The summed E-state index contributed by atoms with van der Waals surface area (Å²) >= 11 is 1.71. The molecule has 0 unspecified atom stereocenters. The maximum atomic E-state index is 12.1. The van der Waals surface area contributed by atoms with Gasteiger partial charge in [-0.1, -0.05) is 0 Å². The topological polar surface area (TPSA) is 49.6 Å². The van der Waals surface area contributed by atoms with Crippen LogP contribution in [0.4, 0.5) is 13.2 Å². The van der Waals surface area contributed by atoms with Gasteiger partial charge in [0.05, 0.1) is 6.26 Å². The SMILES string of the molecule is CSCCNC(=NCCCCC(F)(F)F)NCCc1ccco1. The molecular formula is C15H24F3N3OS. The fourth-order valence-electron chi connectivity index (χ4n) is 1.83. The summed E-state index contributed by atoms with van der Waals surface area (Å²) in [5, 5.41) is 6.34. The Hall–Kier alpha value is -1.31. The number of nitrogens with one attached hydrogen (secondary N) is 2. The first-order valence-corrected chi connectivity index (χ1v) is 9.01. The van der Waals surface area contributed by atoms with Crippen molar-refractivity contribution in [3.8, 4) is 0 Å². The van der Waals surface area contributed by atoms with Crippen LogP contribution in [0.15, 0.2) is 27.8 Å². The van der Waals surface area contributed by atoms with E-state index in [1.54, 1.807) is 18.0 Å². The molecule has 0 bridgehead atoms. The molecule has 23 heavy (non-hydrogen) atoms. The van der Waals surface area contributed by atoms with Crippen molar-refractivity contribution in [2.75, 3.05) is 31.6 Å². The van der Waals surface area contributed by atoms with E-state index in [9.17, 15) is 13.2 Å². The van der Waals surface area contributed by atoms with E-state index in [2.05, 4.69) is 15.6 Å². The van der Waals surface area contributed by atoms with Gasteiger partial charge in [0.1, 0.15) is 5.76 Å². The van der Waals surface area contributed by atoms with Gasteiger partial charge in [0, 0.05) is 38.2 Å². The zero-order chi connectivity index (χ0) is 17.0. The highest BCUT2D eigenvalue weighted by atomic mass is 32.2. The summed E-state index contributed by atoms with van der Waals surface area (Å²) < 4.78 is 41.5. The van der Waals surface area contributed by atoms with Crippen LogP contribution in [0.3, 0.4) is 0 Å². The number of furan rings is 1. The number of aliphatic imine (C=N–C) groups is 1. The fourth-order valence-corrected chi connectivity index (χ4v) is 2.14. The Kier molecular flexibility index (Phi) is 9.66. The average Bonchev–Trinajstić information content (AvgIpc) is 2.98. The third-order valence-corrected chi connectivity index (χ3v) is 3.59. The smallest absolute Gasteiger partial charge is 0.389 e. The summed E-state index contributed by atoms with van der Waals surface area (Å²) in [5.74, 6) is 2.45. The van der Waals surface area contributed by atoms with Crippen LogP contribution < -0.4 is 10.6 Å². The van der Waals surface area contributed by atoms with Gasteiger partial charge in [0.2, 0.25) is 0 Å². The number of rotatable bonds is 10. The molecule has 0 radical (unpaired) electrons. The predicted octanol–water partition coefficient (Wildman–Crippen LogP) is 3.45. The number of halogens is 3. The van der Waals surface area contributed by atoms with Gasteiger partial charge in [0.15, 0.2) is 5.96 Å². The third kappa shape index (κ3) is 11.0. The lowest BCUT2D eigenvalue weighted by molar-refractivity contribution is -0.135. The average molecular weight is 351 g/mol. The van der Waals surface area contributed by atoms with Gasteiger partial charge in [-0.05, 0) is 31.2 Å². The Morgan fingerprint density at radius 3 is 2.70 bits per heavy atom. The molecule has 0 aliphatic rings. The lowest BCUT2D eigenvalue weighted by Gasteiger charge is -2.12. The van der Waals surface area contributed by atoms with Crippen molar-refractivity contribution < 1.29 is 17.6 Å². The molecule has 0 saturated carbocycles. The lowest BCUT2D eigenvalue weighted by Crippen LogP contribution is -2.39. The Morgan fingerprint density at radius 1 is 1.26 bits per heavy atom. The van der Waals surface area contributed by atoms with Crippen LogP contribution in [0.25, 0.3) is 0 Å². The second kappa shape index (κ2) is 11.3. The normalized spacial score (nSPS) is 12.4. The first-order valence-electron chi connectivity index (χ1n) is 7.61. The number of hydrogen-bond acceptors (Lipinski definition) is 3. The Morgan fingerprint density at radius 2 is 2.04 bits per heavy atom. The van der Waals surface area contributed by atoms with Gasteiger partial charge in [-0.3, -0.25) is 4.99 Å². The van der Waals surface area contributed by atoms with E-state index in [1.165, 1.54) is 0 Å². The standard InChI is InChI=1S/C15H24F3N3OS/c1-23-12-10-21-14(19-8-3-2-7-15(16,17)18)20-9-6-13-5-4-11-22-13/h4-5,11H,2-3,6-10,12H2,1H3,(H2,19,20,21). The van der Waals surface area contributed by atoms with Crippen molar-refractivity contribution in [3.63, 3.8) is 0 Å². The van der Waals surface area contributed by atoms with Gasteiger partial charge in [0.25, 0.3) is 0 Å². The van der Waals surface area contributed by atoms with Crippen molar-refractivity contribution in [2.24, 2.45) is 4.99 Å². The van der Waals surface area contributed by atoms with Crippen LogP contribution in [0.1, 0.15) is 25.0 Å². The highest BCUT2D eigenvalue weighted by Crippen LogP contribution is 2.21. The van der Waals surface area contributed by atoms with Gasteiger partial charge >= 0.3 is 6.18 Å². The Bertz CT molecular complexity index is 436. The second-order valence-corrected chi connectivity index (χ2v) is 5.96. The van der Waals surface area contributed by atoms with E-state index in [0.717, 1.165) is 24.5 Å². The van der Waals surface area contributed by atoms with Gasteiger partial charge < -0.3 is 15.1 Å². The van der Waals surface area contributed by atoms with Crippen LogP contribution in [-0.4, -0.2) is 43.8 Å². The largest absolute Gasteiger partial charge is 0.469 e. The fraction of sp³-hybridized carbons (Fsp3) is 0.667. The van der Waals surface area contributed by atoms with E-state index >= 15 is 0 Å². The molecule has 8 heteroatoms. The van der Waals surface area contributed by atoms with Crippen molar-refractivity contribution in [1.82, 2.24) is 10.6 Å². The van der Waals surface area contributed by atoms with Crippen molar-refractivity contribution >= 4 is 17.7 Å². The van der Waals surface area contributed by atoms with Crippen LogP contribution in [0, 0.1) is 0 Å². The van der Waals surface area contributed by atoms with E-state index in [-0.39, 0.29) is 6.42 Å². The Labute approximate surface area is 139 Å². The number of guanidine groups is 1. The highest BCUT2D eigenvalue weighted by molar-refractivity contribution is 7.98. The van der Waals surface area contributed by atoms with Gasteiger partial charge in [-0.15, -0.1) is 0 Å². The summed E-state index contributed by atoms with van der Waals surface area (Å²) in [6.45, 7) is 1.79. The minimum atomic E-state index is -4.08. The molecule has 0 amide bonds. The van der Waals surface area contributed by atoms with Gasteiger partial charge in [-0.25, -0.2) is 0 Å². The molecule has 0 spiro atoms. The number of nitrogens with zero attached hydrogens (tertiary/aromatic N) is 1. The second-order valence-electron chi connectivity index (χ2n) is 4.98. The van der Waals surface area contributed by atoms with E-state index in [4.69, 9.17) is 4.42 Å². The first-order chi connectivity index (χ1) is 11.0. The van der Waals surface area contributed by atoms with Crippen molar-refractivity contribution in [2.45, 2.75) is 31.9 Å². The first kappa shape index (κ1) is 19.7. The van der Waals surface area contributed by atoms with Crippen LogP contribution >= 0.6 is 11.8 Å². The van der Waals surface area contributed by atoms with E-state index in [0.29, 0.717) is 25.5 Å². The van der Waals surface area contributed by atoms with E-state index in [1.807, 2.05) is 18.4 Å². The highest BCUT2D eigenvalue weighted by Gasteiger charge is 2.25. The minimum Gasteiger partial charge on any atom is -0.469 e. The molecule has 0 fully saturated rings. The predicted molar refractivity (Wildman–Crippen MR) is 89.0 cm³/mol. The summed E-state index contributed by atoms with van der Waals surface area (Å²) in [5.41, 5.74) is 0. The third-order valence-electron chi connectivity index (χ3n) is 2.98. The molecule has 4 nitrogen and oxygen atoms in total. The van der Waals surface area contributed by atoms with E-state index < -0.39 is 12.6 Å². The molecular weight excluding hydrogens is 327 g/mol. The van der Waals surface area contributed by atoms with Crippen LogP contribution in [0.5, 0.6) is 0 Å².